The van der Waals surface area contributed by atoms with Gasteiger partial charge >= 0.3 is 0 Å². The normalized spacial score (nSPS) is 14.1. The van der Waals surface area contributed by atoms with Crippen molar-refractivity contribution in [3.8, 4) is 56.0 Å². The Labute approximate surface area is 397 Å². The number of anilines is 3. The van der Waals surface area contributed by atoms with Crippen molar-refractivity contribution in [1.29, 1.82) is 0 Å². The molecule has 0 N–H and O–H groups in total. The predicted molar refractivity (Wildman–Crippen MR) is 282 cm³/mol. The van der Waals surface area contributed by atoms with Crippen molar-refractivity contribution in [1.82, 2.24) is 0 Å². The van der Waals surface area contributed by atoms with E-state index in [0.29, 0.717) is 0 Å². The molecule has 14 rings (SSSR count). The van der Waals surface area contributed by atoms with Gasteiger partial charge in [0.15, 0.2) is 0 Å². The molecule has 0 aromatic heterocycles. The van der Waals surface area contributed by atoms with Crippen LogP contribution in [0.25, 0.3) is 66.1 Å². The van der Waals surface area contributed by atoms with Gasteiger partial charge in [0.1, 0.15) is 11.5 Å². The van der Waals surface area contributed by atoms with Crippen LogP contribution in [0.3, 0.4) is 0 Å². The van der Waals surface area contributed by atoms with Gasteiger partial charge in [0.05, 0.1) is 11.1 Å². The van der Waals surface area contributed by atoms with Crippen LogP contribution in [-0.2, 0) is 10.8 Å². The first-order valence-electron chi connectivity index (χ1n) is 23.7. The van der Waals surface area contributed by atoms with Crippen LogP contribution in [0.1, 0.15) is 47.2 Å². The van der Waals surface area contributed by atoms with E-state index in [9.17, 15) is 0 Å². The van der Waals surface area contributed by atoms with Crippen LogP contribution >= 0.6 is 0 Å². The van der Waals surface area contributed by atoms with Crippen molar-refractivity contribution in [2.45, 2.75) is 24.7 Å². The van der Waals surface area contributed by atoms with Gasteiger partial charge in [0, 0.05) is 44.3 Å². The second-order valence-corrected chi connectivity index (χ2v) is 19.2. The minimum atomic E-state index is -0.641. The maximum atomic E-state index is 7.26. The summed E-state index contributed by atoms with van der Waals surface area (Å²) in [5, 5.41) is 4.56. The number of ether oxygens (including phenoxy) is 1. The monoisotopic (exact) mass is 867 g/mol. The third-order valence-corrected chi connectivity index (χ3v) is 15.3. The van der Waals surface area contributed by atoms with Gasteiger partial charge < -0.3 is 9.64 Å². The molecule has 0 amide bonds. The molecule has 1 aliphatic heterocycles. The Morgan fingerprint density at radius 3 is 1.50 bits per heavy atom. The summed E-state index contributed by atoms with van der Waals surface area (Å²) in [7, 11) is 0. The smallest absolute Gasteiger partial charge is 0.140 e. The summed E-state index contributed by atoms with van der Waals surface area (Å²) in [5.74, 6) is 1.85. The van der Waals surface area contributed by atoms with Crippen LogP contribution in [0, 0.1) is 0 Å². The lowest BCUT2D eigenvalue weighted by Crippen LogP contribution is -2.32. The van der Waals surface area contributed by atoms with E-state index in [1.165, 1.54) is 55.6 Å². The first kappa shape index (κ1) is 38.8. The van der Waals surface area contributed by atoms with Gasteiger partial charge in [0.25, 0.3) is 0 Å². The lowest BCUT2D eigenvalue weighted by Gasteiger charge is -2.40. The third-order valence-electron chi connectivity index (χ3n) is 15.3. The van der Waals surface area contributed by atoms with E-state index in [0.717, 1.165) is 72.4 Å². The van der Waals surface area contributed by atoms with E-state index in [4.69, 9.17) is 4.74 Å². The fraction of sp³-hybridized carbons (Fsp3) is 0.0606. The largest absolute Gasteiger partial charge is 0.455 e. The van der Waals surface area contributed by atoms with E-state index in [2.05, 4.69) is 255 Å². The molecule has 3 aliphatic rings. The molecule has 0 unspecified atom stereocenters. The molecule has 68 heavy (non-hydrogen) atoms. The van der Waals surface area contributed by atoms with Crippen LogP contribution in [-0.4, -0.2) is 0 Å². The summed E-state index contributed by atoms with van der Waals surface area (Å²) in [6.45, 7) is 4.70. The van der Waals surface area contributed by atoms with E-state index in [-0.39, 0.29) is 5.41 Å². The molecule has 11 aromatic rings. The summed E-state index contributed by atoms with van der Waals surface area (Å²) < 4.78 is 7.26. The van der Waals surface area contributed by atoms with Crippen LogP contribution in [0.5, 0.6) is 11.5 Å². The predicted octanol–water partition coefficient (Wildman–Crippen LogP) is 17.6. The zero-order chi connectivity index (χ0) is 45.1. The highest BCUT2D eigenvalue weighted by Gasteiger charge is 2.52. The molecular weight excluding hydrogens is 823 g/mol. The number of benzene rings is 11. The molecule has 2 nitrogen and oxygen atoms in total. The Balaban J connectivity index is 0.944. The molecule has 0 saturated carbocycles. The average Bonchev–Trinajstić information content (AvgIpc) is 3.81. The zero-order valence-electron chi connectivity index (χ0n) is 37.9. The number of hydrogen-bond donors (Lipinski definition) is 0. The summed E-state index contributed by atoms with van der Waals surface area (Å²) in [6, 6.07) is 87.4. The second kappa shape index (κ2) is 14.5. The highest BCUT2D eigenvalue weighted by Crippen LogP contribution is 2.64. The summed E-state index contributed by atoms with van der Waals surface area (Å²) in [4.78, 5) is 2.41. The molecule has 2 heteroatoms. The van der Waals surface area contributed by atoms with Crippen molar-refractivity contribution >= 4 is 38.6 Å². The molecule has 2 aliphatic carbocycles. The zero-order valence-corrected chi connectivity index (χ0v) is 37.9. The first-order valence-corrected chi connectivity index (χ1v) is 23.7. The van der Waals surface area contributed by atoms with Crippen molar-refractivity contribution in [2.75, 3.05) is 4.90 Å². The minimum absolute atomic E-state index is 0.0595. The van der Waals surface area contributed by atoms with Crippen LogP contribution in [0.15, 0.2) is 237 Å². The van der Waals surface area contributed by atoms with Crippen molar-refractivity contribution in [3.63, 3.8) is 0 Å². The third kappa shape index (κ3) is 5.40. The molecule has 0 radical (unpaired) electrons. The fourth-order valence-electron chi connectivity index (χ4n) is 12.2. The Hall–Kier alpha value is -8.46. The average molecular weight is 868 g/mol. The number of fused-ring (bicyclic) bond motifs is 16. The van der Waals surface area contributed by atoms with Gasteiger partial charge in [0.2, 0.25) is 0 Å². The summed E-state index contributed by atoms with van der Waals surface area (Å²) in [6.07, 6.45) is 0. The van der Waals surface area contributed by atoms with Crippen LogP contribution in [0.2, 0.25) is 0 Å². The van der Waals surface area contributed by atoms with E-state index in [1.54, 1.807) is 0 Å². The van der Waals surface area contributed by atoms with Crippen LogP contribution < -0.4 is 9.64 Å². The Bertz CT molecular complexity index is 3780. The molecule has 320 valence electrons. The maximum Gasteiger partial charge on any atom is 0.140 e. The quantitative estimate of drug-likeness (QED) is 0.171. The molecule has 0 bridgehead atoms. The summed E-state index contributed by atoms with van der Waals surface area (Å²) >= 11 is 0. The number of para-hydroxylation sites is 2. The number of rotatable bonds is 5. The van der Waals surface area contributed by atoms with E-state index in [1.807, 2.05) is 0 Å². The van der Waals surface area contributed by atoms with Crippen molar-refractivity contribution < 1.29 is 4.74 Å². The Kier molecular flexibility index (Phi) is 8.28. The molecule has 1 spiro atoms. The standard InChI is InChI=1S/C66H45NO/c1-65(2)56-25-13-10-23-52(56)54-36-30-45(40-60(54)65)42-28-34-48(35-29-42)67(47-18-4-3-5-19-47)62-27-15-12-20-49(62)46-31-37-55-53-24-11-14-26-57(53)66(61(55)41-46)58-38-32-43-16-6-8-21-50(43)63(58)68-64-51-22-9-7-17-44(51)33-39-59(64)66/h3-41H,1-2H3. The fourth-order valence-corrected chi connectivity index (χ4v) is 12.2. The van der Waals surface area contributed by atoms with Gasteiger partial charge in [-0.1, -0.05) is 208 Å². The molecule has 0 saturated heterocycles. The van der Waals surface area contributed by atoms with Gasteiger partial charge in [-0.05, 0) is 114 Å². The van der Waals surface area contributed by atoms with Crippen molar-refractivity contribution in [2.24, 2.45) is 0 Å². The molecule has 0 fully saturated rings. The molecule has 0 atom stereocenters. The molecular formula is C66H45NO. The lowest BCUT2D eigenvalue weighted by atomic mass is 9.65. The minimum Gasteiger partial charge on any atom is -0.455 e. The van der Waals surface area contributed by atoms with Gasteiger partial charge in [-0.15, -0.1) is 0 Å². The van der Waals surface area contributed by atoms with E-state index >= 15 is 0 Å². The van der Waals surface area contributed by atoms with Gasteiger partial charge in [-0.25, -0.2) is 0 Å². The molecule has 1 heterocycles. The summed E-state index contributed by atoms with van der Waals surface area (Å²) in [5.41, 5.74) is 20.2. The van der Waals surface area contributed by atoms with Crippen LogP contribution in [0.4, 0.5) is 17.1 Å². The lowest BCUT2D eigenvalue weighted by molar-refractivity contribution is 0.447. The highest BCUT2D eigenvalue weighted by atomic mass is 16.5. The topological polar surface area (TPSA) is 12.5 Å². The maximum absolute atomic E-state index is 7.26. The number of nitrogens with zero attached hydrogens (tertiary/aromatic N) is 1. The molecule has 11 aromatic carbocycles. The van der Waals surface area contributed by atoms with E-state index < -0.39 is 5.41 Å². The van der Waals surface area contributed by atoms with Gasteiger partial charge in [-0.3, -0.25) is 0 Å². The second-order valence-electron chi connectivity index (χ2n) is 19.2. The van der Waals surface area contributed by atoms with Crippen molar-refractivity contribution in [3.05, 3.63) is 270 Å². The SMILES string of the molecule is CC1(C)c2ccccc2-c2ccc(-c3ccc(N(c4ccccc4)c4ccccc4-c4ccc5c(c4)C4(c6ccccc6-5)c5ccc6ccccc6c5Oc5c4ccc4ccccc54)cc3)cc21. The highest BCUT2D eigenvalue weighted by molar-refractivity contribution is 6.01. The Morgan fingerprint density at radius 1 is 0.324 bits per heavy atom. The first-order chi connectivity index (χ1) is 33.5. The Morgan fingerprint density at radius 2 is 0.809 bits per heavy atom. The van der Waals surface area contributed by atoms with Gasteiger partial charge in [-0.2, -0.15) is 0 Å². The number of hydrogen-bond acceptors (Lipinski definition) is 2.